The Hall–Kier alpha value is -2.14. The summed E-state index contributed by atoms with van der Waals surface area (Å²) in [6.07, 6.45) is 3.59. The van der Waals surface area contributed by atoms with Gasteiger partial charge in [-0.2, -0.15) is 0 Å². The average Bonchev–Trinajstić information content (AvgIpc) is 2.77. The maximum atomic E-state index is 5.68. The van der Waals surface area contributed by atoms with E-state index in [1.54, 1.807) is 19.4 Å². The second-order valence-corrected chi connectivity index (χ2v) is 6.46. The zero-order valence-corrected chi connectivity index (χ0v) is 19.2. The van der Waals surface area contributed by atoms with Crippen molar-refractivity contribution in [1.29, 1.82) is 0 Å². The summed E-state index contributed by atoms with van der Waals surface area (Å²) in [4.78, 5) is 17.6. The molecule has 0 radical (unpaired) electrons. The summed E-state index contributed by atoms with van der Waals surface area (Å²) >= 11 is 0. The van der Waals surface area contributed by atoms with E-state index in [9.17, 15) is 0 Å². The van der Waals surface area contributed by atoms with E-state index in [1.165, 1.54) is 0 Å². The van der Waals surface area contributed by atoms with Crippen molar-refractivity contribution in [2.75, 3.05) is 64.4 Å². The van der Waals surface area contributed by atoms with E-state index in [4.69, 9.17) is 4.74 Å². The second kappa shape index (κ2) is 13.2. The number of ether oxygens (including phenoxy) is 1. The molecule has 8 nitrogen and oxygen atoms in total. The number of aromatic nitrogens is 2. The fourth-order valence-electron chi connectivity index (χ4n) is 3.03. The van der Waals surface area contributed by atoms with Gasteiger partial charge in [0.15, 0.2) is 5.96 Å². The summed E-state index contributed by atoms with van der Waals surface area (Å²) < 4.78 is 5.68. The van der Waals surface area contributed by atoms with E-state index in [0.29, 0.717) is 13.2 Å². The maximum absolute atomic E-state index is 5.68. The van der Waals surface area contributed by atoms with Crippen molar-refractivity contribution < 1.29 is 4.74 Å². The Kier molecular flexibility index (Phi) is 10.5. The van der Waals surface area contributed by atoms with Crippen LogP contribution in [0.4, 0.5) is 5.95 Å². The number of hydrogen-bond donors (Lipinski definition) is 2. The first-order chi connectivity index (χ1) is 13.8. The third-order valence-corrected chi connectivity index (χ3v) is 4.56. The predicted molar refractivity (Wildman–Crippen MR) is 127 cm³/mol. The summed E-state index contributed by atoms with van der Waals surface area (Å²) in [6, 6.07) is 11.7. The molecule has 1 fully saturated rings. The molecule has 3 rings (SSSR count). The number of halogens is 1. The van der Waals surface area contributed by atoms with Crippen LogP contribution in [0, 0.1) is 0 Å². The number of hydrogen-bond acceptors (Lipinski definition) is 6. The Balaban J connectivity index is 0.00000300. The Morgan fingerprint density at radius 3 is 2.38 bits per heavy atom. The van der Waals surface area contributed by atoms with E-state index in [2.05, 4.69) is 35.4 Å². The molecule has 2 N–H and O–H groups in total. The molecular formula is C20H30IN7O. The lowest BCUT2D eigenvalue weighted by atomic mass is 10.3. The summed E-state index contributed by atoms with van der Waals surface area (Å²) in [7, 11) is 1.78. The molecule has 1 aromatic heterocycles. The van der Waals surface area contributed by atoms with Crippen molar-refractivity contribution in [3.63, 3.8) is 0 Å². The number of nitrogens with one attached hydrogen (secondary N) is 2. The minimum absolute atomic E-state index is 0. The molecule has 0 unspecified atom stereocenters. The van der Waals surface area contributed by atoms with Gasteiger partial charge < -0.3 is 20.3 Å². The number of aliphatic imine (C=N–C) groups is 1. The Bertz CT molecular complexity index is 709. The lowest BCUT2D eigenvalue weighted by molar-refractivity contribution is 0.260. The van der Waals surface area contributed by atoms with Crippen molar-refractivity contribution >= 4 is 35.9 Å². The highest BCUT2D eigenvalue weighted by Gasteiger charge is 2.18. The van der Waals surface area contributed by atoms with Crippen molar-refractivity contribution in [3.8, 4) is 5.75 Å². The number of nitrogens with zero attached hydrogens (tertiary/aromatic N) is 5. The van der Waals surface area contributed by atoms with E-state index < -0.39 is 0 Å². The molecule has 2 aromatic rings. The monoisotopic (exact) mass is 511 g/mol. The van der Waals surface area contributed by atoms with Crippen LogP contribution < -0.4 is 20.3 Å². The number of guanidine groups is 1. The standard InChI is InChI=1S/C20H29N7O.HI/c1-21-19(23-11-17-28-18-6-3-2-4-7-18)22-10-12-26-13-15-27(16-14-26)20-24-8-5-9-25-20;/h2-9H,10-17H2,1H3,(H2,21,22,23);1H. The second-order valence-electron chi connectivity index (χ2n) is 6.46. The van der Waals surface area contributed by atoms with Crippen LogP contribution in [-0.2, 0) is 0 Å². The van der Waals surface area contributed by atoms with E-state index in [-0.39, 0.29) is 24.0 Å². The lowest BCUT2D eigenvalue weighted by Gasteiger charge is -2.34. The van der Waals surface area contributed by atoms with Gasteiger partial charge in [0.05, 0.1) is 6.54 Å². The molecule has 1 aromatic carbocycles. The molecule has 0 atom stereocenters. The quantitative estimate of drug-likeness (QED) is 0.241. The molecule has 29 heavy (non-hydrogen) atoms. The summed E-state index contributed by atoms with van der Waals surface area (Å²) in [5.74, 6) is 2.50. The molecule has 0 bridgehead atoms. The minimum atomic E-state index is 0. The van der Waals surface area contributed by atoms with E-state index in [1.807, 2.05) is 36.4 Å². The van der Waals surface area contributed by atoms with Gasteiger partial charge in [0.25, 0.3) is 0 Å². The van der Waals surface area contributed by atoms with Crippen LogP contribution in [0.1, 0.15) is 0 Å². The van der Waals surface area contributed by atoms with Crippen LogP contribution >= 0.6 is 24.0 Å². The zero-order valence-electron chi connectivity index (χ0n) is 16.8. The maximum Gasteiger partial charge on any atom is 0.225 e. The molecule has 9 heteroatoms. The normalized spacial score (nSPS) is 14.8. The van der Waals surface area contributed by atoms with Crippen LogP contribution in [0.3, 0.4) is 0 Å². The van der Waals surface area contributed by atoms with Gasteiger partial charge in [0, 0.05) is 58.7 Å². The Labute approximate surface area is 189 Å². The largest absolute Gasteiger partial charge is 0.492 e. The van der Waals surface area contributed by atoms with Crippen LogP contribution in [0.25, 0.3) is 0 Å². The van der Waals surface area contributed by atoms with Gasteiger partial charge in [-0.3, -0.25) is 9.89 Å². The molecule has 0 saturated carbocycles. The molecule has 0 spiro atoms. The highest BCUT2D eigenvalue weighted by molar-refractivity contribution is 14.0. The molecule has 1 aliphatic heterocycles. The third kappa shape index (κ3) is 8.01. The van der Waals surface area contributed by atoms with Crippen LogP contribution in [0.2, 0.25) is 0 Å². The summed E-state index contributed by atoms with van der Waals surface area (Å²) in [5.41, 5.74) is 0. The number of rotatable bonds is 8. The Morgan fingerprint density at radius 1 is 1.00 bits per heavy atom. The zero-order chi connectivity index (χ0) is 19.4. The first-order valence-corrected chi connectivity index (χ1v) is 9.72. The van der Waals surface area contributed by atoms with Gasteiger partial charge in [-0.25, -0.2) is 9.97 Å². The molecule has 2 heterocycles. The van der Waals surface area contributed by atoms with Gasteiger partial charge >= 0.3 is 0 Å². The number of para-hydroxylation sites is 1. The van der Waals surface area contributed by atoms with Gasteiger partial charge in [-0.15, -0.1) is 24.0 Å². The fraction of sp³-hybridized carbons (Fsp3) is 0.450. The van der Waals surface area contributed by atoms with Gasteiger partial charge in [-0.1, -0.05) is 18.2 Å². The number of anilines is 1. The van der Waals surface area contributed by atoms with Crippen LogP contribution in [0.5, 0.6) is 5.75 Å². The summed E-state index contributed by atoms with van der Waals surface area (Å²) in [6.45, 7) is 7.04. The minimum Gasteiger partial charge on any atom is -0.492 e. The average molecular weight is 511 g/mol. The predicted octanol–water partition coefficient (Wildman–Crippen LogP) is 1.46. The van der Waals surface area contributed by atoms with Crippen LogP contribution in [-0.4, -0.2) is 80.3 Å². The number of piperazine rings is 1. The lowest BCUT2D eigenvalue weighted by Crippen LogP contribution is -2.49. The highest BCUT2D eigenvalue weighted by Crippen LogP contribution is 2.09. The molecule has 0 amide bonds. The van der Waals surface area contributed by atoms with Crippen molar-refractivity contribution in [2.45, 2.75) is 0 Å². The fourth-order valence-corrected chi connectivity index (χ4v) is 3.03. The van der Waals surface area contributed by atoms with Crippen LogP contribution in [0.15, 0.2) is 53.8 Å². The third-order valence-electron chi connectivity index (χ3n) is 4.56. The molecule has 1 saturated heterocycles. The van der Waals surface area contributed by atoms with Gasteiger partial charge in [0.1, 0.15) is 12.4 Å². The SMILES string of the molecule is CN=C(NCCOc1ccccc1)NCCN1CCN(c2ncccn2)CC1.I. The van der Waals surface area contributed by atoms with E-state index >= 15 is 0 Å². The molecule has 1 aliphatic rings. The topological polar surface area (TPSA) is 77.9 Å². The molecular weight excluding hydrogens is 481 g/mol. The first-order valence-electron chi connectivity index (χ1n) is 9.72. The van der Waals surface area contributed by atoms with Gasteiger partial charge in [-0.05, 0) is 18.2 Å². The van der Waals surface area contributed by atoms with Crippen molar-refractivity contribution in [3.05, 3.63) is 48.8 Å². The van der Waals surface area contributed by atoms with Crippen molar-refractivity contribution in [1.82, 2.24) is 25.5 Å². The van der Waals surface area contributed by atoms with E-state index in [0.717, 1.165) is 56.9 Å². The highest BCUT2D eigenvalue weighted by atomic mass is 127. The molecule has 0 aliphatic carbocycles. The Morgan fingerprint density at radius 2 is 1.69 bits per heavy atom. The molecule has 158 valence electrons. The first kappa shape index (κ1) is 23.1. The van der Waals surface area contributed by atoms with Crippen molar-refractivity contribution in [2.24, 2.45) is 4.99 Å². The van der Waals surface area contributed by atoms with Gasteiger partial charge in [0.2, 0.25) is 5.95 Å². The number of benzene rings is 1. The smallest absolute Gasteiger partial charge is 0.225 e. The summed E-state index contributed by atoms with van der Waals surface area (Å²) in [5, 5.41) is 6.64.